The van der Waals surface area contributed by atoms with Crippen molar-refractivity contribution in [1.82, 2.24) is 15.5 Å². The van der Waals surface area contributed by atoms with Gasteiger partial charge in [0.05, 0.1) is 0 Å². The number of hydrogen-bond donors (Lipinski definition) is 2. The maximum absolute atomic E-state index is 11.8. The number of rotatable bonds is 7. The van der Waals surface area contributed by atoms with Crippen molar-refractivity contribution in [3.05, 3.63) is 48.6 Å². The zero-order chi connectivity index (χ0) is 18.1. The van der Waals surface area contributed by atoms with E-state index >= 15 is 0 Å². The maximum Gasteiger partial charge on any atom is 0.243 e. The fraction of sp³-hybridized carbons (Fsp3) is 0.500. The van der Waals surface area contributed by atoms with Crippen LogP contribution in [0.25, 0.3) is 0 Å². The number of aliphatic imine (C=N–C) groups is 1. The Morgan fingerprint density at radius 3 is 2.46 bits per heavy atom. The molecule has 0 unspecified atom stereocenters. The van der Waals surface area contributed by atoms with E-state index in [9.17, 15) is 4.79 Å². The van der Waals surface area contributed by atoms with Crippen LogP contribution in [0.15, 0.2) is 48.0 Å². The normalized spacial score (nSPS) is 15.7. The molecule has 1 aliphatic rings. The first-order valence-corrected chi connectivity index (χ1v) is 8.96. The Morgan fingerprint density at radius 1 is 1.23 bits per heavy atom. The highest BCUT2D eigenvalue weighted by atomic mass is 127. The van der Waals surface area contributed by atoms with E-state index in [1.807, 2.05) is 0 Å². The molecule has 0 aromatic heterocycles. The molecule has 0 bridgehead atoms. The van der Waals surface area contributed by atoms with Gasteiger partial charge < -0.3 is 15.5 Å². The lowest BCUT2D eigenvalue weighted by Gasteiger charge is -2.30. The third-order valence-electron chi connectivity index (χ3n) is 4.83. The number of likely N-dealkylation sites (N-methyl/N-ethyl adjacent to an activating group) is 1. The van der Waals surface area contributed by atoms with Crippen molar-refractivity contribution in [2.45, 2.75) is 31.1 Å². The molecular formula is C20H31IN4O. The summed E-state index contributed by atoms with van der Waals surface area (Å²) >= 11 is 0. The van der Waals surface area contributed by atoms with Crippen molar-refractivity contribution in [2.75, 3.05) is 33.7 Å². The molecule has 1 amide bonds. The number of carbonyl (C=O) groups is 1. The van der Waals surface area contributed by atoms with Crippen LogP contribution in [-0.4, -0.2) is 50.5 Å². The average Bonchev–Trinajstić information content (AvgIpc) is 3.11. The molecule has 1 fully saturated rings. The number of guanidine groups is 1. The Kier molecular flexibility index (Phi) is 9.69. The topological polar surface area (TPSA) is 56.7 Å². The van der Waals surface area contributed by atoms with Crippen LogP contribution in [0.5, 0.6) is 0 Å². The quantitative estimate of drug-likeness (QED) is 0.279. The van der Waals surface area contributed by atoms with Crippen LogP contribution in [0.3, 0.4) is 0 Å². The second-order valence-electron chi connectivity index (χ2n) is 6.83. The molecule has 0 atom stereocenters. The minimum absolute atomic E-state index is 0. The van der Waals surface area contributed by atoms with Gasteiger partial charge in [-0.3, -0.25) is 4.79 Å². The third-order valence-corrected chi connectivity index (χ3v) is 4.83. The molecule has 2 rings (SSSR count). The summed E-state index contributed by atoms with van der Waals surface area (Å²) in [6, 6.07) is 10.7. The lowest BCUT2D eigenvalue weighted by molar-refractivity contribution is -0.127. The van der Waals surface area contributed by atoms with Gasteiger partial charge >= 0.3 is 0 Å². The molecule has 1 saturated carbocycles. The van der Waals surface area contributed by atoms with Gasteiger partial charge in [0.25, 0.3) is 0 Å². The van der Waals surface area contributed by atoms with Gasteiger partial charge in [-0.2, -0.15) is 0 Å². The van der Waals surface area contributed by atoms with Crippen molar-refractivity contribution in [3.63, 3.8) is 0 Å². The zero-order valence-electron chi connectivity index (χ0n) is 15.8. The van der Waals surface area contributed by atoms with E-state index in [0.29, 0.717) is 12.5 Å². The van der Waals surface area contributed by atoms with E-state index in [0.717, 1.165) is 6.54 Å². The van der Waals surface area contributed by atoms with Crippen molar-refractivity contribution < 1.29 is 4.79 Å². The predicted octanol–water partition coefficient (Wildman–Crippen LogP) is 2.93. The van der Waals surface area contributed by atoms with Crippen LogP contribution in [0.1, 0.15) is 31.2 Å². The molecule has 1 aliphatic carbocycles. The SMILES string of the molecule is C=CCNC(=NCC(=O)N(C)C)NCC1(c2ccccc2)CCCC1.I. The van der Waals surface area contributed by atoms with Gasteiger partial charge in [0.15, 0.2) is 5.96 Å². The van der Waals surface area contributed by atoms with E-state index in [4.69, 9.17) is 0 Å². The van der Waals surface area contributed by atoms with Crippen molar-refractivity contribution in [1.29, 1.82) is 0 Å². The molecule has 0 spiro atoms. The van der Waals surface area contributed by atoms with Gasteiger partial charge in [-0.05, 0) is 18.4 Å². The smallest absolute Gasteiger partial charge is 0.243 e. The second kappa shape index (κ2) is 11.2. The average molecular weight is 470 g/mol. The first-order chi connectivity index (χ1) is 12.1. The summed E-state index contributed by atoms with van der Waals surface area (Å²) in [5.41, 5.74) is 1.52. The summed E-state index contributed by atoms with van der Waals surface area (Å²) in [6.07, 6.45) is 6.64. The minimum Gasteiger partial charge on any atom is -0.355 e. The van der Waals surface area contributed by atoms with E-state index in [2.05, 4.69) is 52.5 Å². The molecule has 1 aromatic rings. The standard InChI is InChI=1S/C20H30N4O.HI/c1-4-14-21-19(22-15-18(25)24(2)3)23-16-20(12-8-9-13-20)17-10-6-5-7-11-17;/h4-7,10-11H,1,8-9,12-16H2,2-3H3,(H2,21,22,23);1H. The number of amides is 1. The molecule has 0 aliphatic heterocycles. The number of hydrogen-bond acceptors (Lipinski definition) is 2. The number of nitrogens with one attached hydrogen (secondary N) is 2. The Labute approximate surface area is 174 Å². The second-order valence-corrected chi connectivity index (χ2v) is 6.83. The lowest BCUT2D eigenvalue weighted by atomic mass is 9.79. The Bertz CT molecular complexity index is 595. The van der Waals surface area contributed by atoms with Crippen LogP contribution < -0.4 is 10.6 Å². The fourth-order valence-corrected chi connectivity index (χ4v) is 3.30. The fourth-order valence-electron chi connectivity index (χ4n) is 3.30. The summed E-state index contributed by atoms with van der Waals surface area (Å²) < 4.78 is 0. The summed E-state index contributed by atoms with van der Waals surface area (Å²) in [4.78, 5) is 17.8. The molecule has 26 heavy (non-hydrogen) atoms. The largest absolute Gasteiger partial charge is 0.355 e. The number of nitrogens with zero attached hydrogens (tertiary/aromatic N) is 2. The summed E-state index contributed by atoms with van der Waals surface area (Å²) in [7, 11) is 3.48. The highest BCUT2D eigenvalue weighted by Crippen LogP contribution is 2.40. The van der Waals surface area contributed by atoms with E-state index in [1.54, 1.807) is 25.1 Å². The van der Waals surface area contributed by atoms with Gasteiger partial charge in [-0.15, -0.1) is 30.6 Å². The zero-order valence-corrected chi connectivity index (χ0v) is 18.2. The molecule has 2 N–H and O–H groups in total. The van der Waals surface area contributed by atoms with E-state index in [-0.39, 0.29) is 41.8 Å². The molecule has 144 valence electrons. The van der Waals surface area contributed by atoms with Crippen LogP contribution in [0.4, 0.5) is 0 Å². The van der Waals surface area contributed by atoms with Crippen molar-refractivity contribution >= 4 is 35.8 Å². The lowest BCUT2D eigenvalue weighted by Crippen LogP contribution is -2.45. The number of halogens is 1. The molecule has 6 heteroatoms. The summed E-state index contributed by atoms with van der Waals surface area (Å²) in [5.74, 6) is 0.649. The Balaban J connectivity index is 0.00000338. The van der Waals surface area contributed by atoms with Gasteiger partial charge in [-0.1, -0.05) is 49.2 Å². The van der Waals surface area contributed by atoms with Gasteiger partial charge in [0.1, 0.15) is 6.54 Å². The Hall–Kier alpha value is -1.57. The molecular weight excluding hydrogens is 439 g/mol. The first kappa shape index (κ1) is 22.5. The molecule has 0 radical (unpaired) electrons. The van der Waals surface area contributed by atoms with Crippen LogP contribution >= 0.6 is 24.0 Å². The van der Waals surface area contributed by atoms with Gasteiger partial charge in [0.2, 0.25) is 5.91 Å². The monoisotopic (exact) mass is 470 g/mol. The highest BCUT2D eigenvalue weighted by molar-refractivity contribution is 14.0. The van der Waals surface area contributed by atoms with Gasteiger partial charge in [-0.25, -0.2) is 4.99 Å². The maximum atomic E-state index is 11.8. The van der Waals surface area contributed by atoms with Crippen LogP contribution in [0.2, 0.25) is 0 Å². The Morgan fingerprint density at radius 2 is 1.88 bits per heavy atom. The van der Waals surface area contributed by atoms with Crippen molar-refractivity contribution in [2.24, 2.45) is 4.99 Å². The number of carbonyl (C=O) groups excluding carboxylic acids is 1. The highest BCUT2D eigenvalue weighted by Gasteiger charge is 2.35. The molecule has 0 saturated heterocycles. The molecule has 1 aromatic carbocycles. The first-order valence-electron chi connectivity index (χ1n) is 8.96. The molecule has 0 heterocycles. The van der Waals surface area contributed by atoms with E-state index in [1.165, 1.54) is 31.2 Å². The molecule has 5 nitrogen and oxygen atoms in total. The minimum atomic E-state index is -0.0154. The van der Waals surface area contributed by atoms with Crippen molar-refractivity contribution in [3.8, 4) is 0 Å². The van der Waals surface area contributed by atoms with Gasteiger partial charge in [0, 0.05) is 32.6 Å². The predicted molar refractivity (Wildman–Crippen MR) is 119 cm³/mol. The summed E-state index contributed by atoms with van der Waals surface area (Å²) in [6.45, 7) is 5.30. The van der Waals surface area contributed by atoms with Crippen LogP contribution in [-0.2, 0) is 10.2 Å². The third kappa shape index (κ3) is 6.30. The van der Waals surface area contributed by atoms with Crippen LogP contribution in [0, 0.1) is 0 Å². The van der Waals surface area contributed by atoms with E-state index < -0.39 is 0 Å². The number of benzene rings is 1. The summed E-state index contributed by atoms with van der Waals surface area (Å²) in [5, 5.41) is 6.66.